The summed E-state index contributed by atoms with van der Waals surface area (Å²) in [4.78, 5) is 35.4. The Morgan fingerprint density at radius 1 is 1.25 bits per heavy atom. The molecule has 2 aromatic carbocycles. The van der Waals surface area contributed by atoms with E-state index in [1.54, 1.807) is 24.3 Å². The Hall–Kier alpha value is -3.69. The molecule has 9 nitrogen and oxygen atoms in total. The number of hydrogen-bond donors (Lipinski definition) is 1. The standard InChI is InChI=1S/C18H18FN3O6/c1-21(10-17(23)20-13-4-3-5-14(9-13)27-2)18(24)11-28-16-8-12(19)6-7-15(16)22(25)26/h3-9H,10-11H2,1-2H3,(H,20,23). The van der Waals surface area contributed by atoms with Crippen molar-refractivity contribution in [2.24, 2.45) is 0 Å². The Kier molecular flexibility index (Phi) is 6.85. The molecule has 1 N–H and O–H groups in total. The minimum Gasteiger partial charge on any atom is -0.497 e. The van der Waals surface area contributed by atoms with Gasteiger partial charge in [-0.05, 0) is 18.2 Å². The fourth-order valence-corrected chi connectivity index (χ4v) is 2.21. The van der Waals surface area contributed by atoms with Gasteiger partial charge in [0.1, 0.15) is 11.6 Å². The predicted molar refractivity (Wildman–Crippen MR) is 97.8 cm³/mol. The summed E-state index contributed by atoms with van der Waals surface area (Å²) >= 11 is 0. The third kappa shape index (κ3) is 5.66. The van der Waals surface area contributed by atoms with Crippen LogP contribution in [0.25, 0.3) is 0 Å². The molecule has 2 rings (SSSR count). The van der Waals surface area contributed by atoms with Crippen LogP contribution in [0.5, 0.6) is 11.5 Å². The van der Waals surface area contributed by atoms with Crippen LogP contribution in [0.3, 0.4) is 0 Å². The molecule has 0 saturated carbocycles. The summed E-state index contributed by atoms with van der Waals surface area (Å²) in [6, 6.07) is 9.38. The highest BCUT2D eigenvalue weighted by atomic mass is 19.1. The average Bonchev–Trinajstić information content (AvgIpc) is 2.65. The zero-order valence-electron chi connectivity index (χ0n) is 15.2. The smallest absolute Gasteiger partial charge is 0.311 e. The second-order valence-corrected chi connectivity index (χ2v) is 5.69. The maximum Gasteiger partial charge on any atom is 0.311 e. The highest BCUT2D eigenvalue weighted by molar-refractivity contribution is 5.94. The van der Waals surface area contributed by atoms with Crippen LogP contribution in [-0.4, -0.2) is 48.9 Å². The zero-order valence-corrected chi connectivity index (χ0v) is 15.2. The van der Waals surface area contributed by atoms with Gasteiger partial charge in [-0.15, -0.1) is 0 Å². The number of methoxy groups -OCH3 is 1. The lowest BCUT2D eigenvalue weighted by Crippen LogP contribution is -2.37. The van der Waals surface area contributed by atoms with Crippen LogP contribution in [0.15, 0.2) is 42.5 Å². The predicted octanol–water partition coefficient (Wildman–Crippen LogP) is 2.22. The molecule has 0 aromatic heterocycles. The van der Waals surface area contributed by atoms with Crippen LogP contribution in [0.1, 0.15) is 0 Å². The first kappa shape index (κ1) is 20.6. The molecule has 0 unspecified atom stereocenters. The Balaban J connectivity index is 1.91. The SMILES string of the molecule is COc1cccc(NC(=O)CN(C)C(=O)COc2cc(F)ccc2[N+](=O)[O-])c1. The number of ether oxygens (including phenoxy) is 2. The lowest BCUT2D eigenvalue weighted by atomic mass is 10.3. The number of rotatable bonds is 8. The Labute approximate surface area is 159 Å². The topological polar surface area (TPSA) is 111 Å². The second kappa shape index (κ2) is 9.31. The molecule has 0 aliphatic carbocycles. The summed E-state index contributed by atoms with van der Waals surface area (Å²) in [5.74, 6) is -1.61. The van der Waals surface area contributed by atoms with Crippen molar-refractivity contribution in [3.05, 3.63) is 58.4 Å². The van der Waals surface area contributed by atoms with E-state index in [1.807, 2.05) is 0 Å². The highest BCUT2D eigenvalue weighted by Gasteiger charge is 2.19. The van der Waals surface area contributed by atoms with Gasteiger partial charge in [-0.3, -0.25) is 19.7 Å². The van der Waals surface area contributed by atoms with Crippen LogP contribution < -0.4 is 14.8 Å². The van der Waals surface area contributed by atoms with E-state index in [1.165, 1.54) is 14.2 Å². The number of carbonyl (C=O) groups is 2. The fourth-order valence-electron chi connectivity index (χ4n) is 2.21. The largest absolute Gasteiger partial charge is 0.497 e. The first-order chi connectivity index (χ1) is 13.3. The Morgan fingerprint density at radius 3 is 2.68 bits per heavy atom. The summed E-state index contributed by atoms with van der Waals surface area (Å²) < 4.78 is 23.4. The third-order valence-electron chi connectivity index (χ3n) is 3.63. The molecule has 2 amide bonds. The third-order valence-corrected chi connectivity index (χ3v) is 3.63. The fraction of sp³-hybridized carbons (Fsp3) is 0.222. The number of nitrogens with one attached hydrogen (secondary N) is 1. The minimum atomic E-state index is -0.745. The van der Waals surface area contributed by atoms with Gasteiger partial charge < -0.3 is 19.7 Å². The quantitative estimate of drug-likeness (QED) is 0.546. The van der Waals surface area contributed by atoms with E-state index in [0.717, 1.165) is 23.1 Å². The van der Waals surface area contributed by atoms with Gasteiger partial charge >= 0.3 is 5.69 Å². The number of nitro groups is 1. The van der Waals surface area contributed by atoms with Crippen molar-refractivity contribution < 1.29 is 28.4 Å². The van der Waals surface area contributed by atoms with Gasteiger partial charge in [0, 0.05) is 30.9 Å². The molecule has 0 saturated heterocycles. The first-order valence-electron chi connectivity index (χ1n) is 8.04. The van der Waals surface area contributed by atoms with E-state index >= 15 is 0 Å². The van der Waals surface area contributed by atoms with Crippen molar-refractivity contribution in [3.8, 4) is 11.5 Å². The molecule has 28 heavy (non-hydrogen) atoms. The van der Waals surface area contributed by atoms with Crippen LogP contribution in [0.2, 0.25) is 0 Å². The van der Waals surface area contributed by atoms with Gasteiger partial charge in [0.05, 0.1) is 18.6 Å². The average molecular weight is 391 g/mol. The number of carbonyl (C=O) groups excluding carboxylic acids is 2. The molecule has 0 bridgehead atoms. The molecule has 0 radical (unpaired) electrons. The van der Waals surface area contributed by atoms with Crippen molar-refractivity contribution in [1.29, 1.82) is 0 Å². The summed E-state index contributed by atoms with van der Waals surface area (Å²) in [7, 11) is 2.87. The summed E-state index contributed by atoms with van der Waals surface area (Å²) in [5, 5.41) is 13.5. The molecule has 148 valence electrons. The van der Waals surface area contributed by atoms with Gasteiger partial charge in [0.25, 0.3) is 5.91 Å². The van der Waals surface area contributed by atoms with Crippen molar-refractivity contribution in [2.45, 2.75) is 0 Å². The molecule has 0 aliphatic rings. The maximum atomic E-state index is 13.3. The van der Waals surface area contributed by atoms with Crippen molar-refractivity contribution in [3.63, 3.8) is 0 Å². The first-order valence-corrected chi connectivity index (χ1v) is 8.04. The van der Waals surface area contributed by atoms with Crippen LogP contribution in [0.4, 0.5) is 15.8 Å². The number of halogens is 1. The molecule has 0 aliphatic heterocycles. The number of anilines is 1. The van der Waals surface area contributed by atoms with Crippen molar-refractivity contribution in [1.82, 2.24) is 4.90 Å². The summed E-state index contributed by atoms with van der Waals surface area (Å²) in [6.07, 6.45) is 0. The van der Waals surface area contributed by atoms with E-state index in [2.05, 4.69) is 5.32 Å². The molecule has 0 fully saturated rings. The van der Waals surface area contributed by atoms with E-state index in [0.29, 0.717) is 11.4 Å². The number of benzene rings is 2. The molecular weight excluding hydrogens is 373 g/mol. The number of hydrogen-bond acceptors (Lipinski definition) is 6. The van der Waals surface area contributed by atoms with Gasteiger partial charge in [-0.2, -0.15) is 0 Å². The molecule has 0 atom stereocenters. The van der Waals surface area contributed by atoms with Gasteiger partial charge in [0.2, 0.25) is 11.7 Å². The van der Waals surface area contributed by atoms with E-state index in [4.69, 9.17) is 9.47 Å². The molecule has 2 aromatic rings. The Morgan fingerprint density at radius 2 is 2.00 bits per heavy atom. The summed E-state index contributed by atoms with van der Waals surface area (Å²) in [5.41, 5.74) is 0.0319. The second-order valence-electron chi connectivity index (χ2n) is 5.69. The monoisotopic (exact) mass is 391 g/mol. The van der Waals surface area contributed by atoms with Gasteiger partial charge in [-0.1, -0.05) is 6.07 Å². The van der Waals surface area contributed by atoms with Crippen LogP contribution in [0, 0.1) is 15.9 Å². The van der Waals surface area contributed by atoms with Gasteiger partial charge in [0.15, 0.2) is 6.61 Å². The van der Waals surface area contributed by atoms with E-state index < -0.39 is 34.8 Å². The zero-order chi connectivity index (χ0) is 20.7. The normalized spacial score (nSPS) is 10.1. The highest BCUT2D eigenvalue weighted by Crippen LogP contribution is 2.27. The number of likely N-dealkylation sites (N-methyl/N-ethyl adjacent to an activating group) is 1. The number of nitrogens with zero attached hydrogens (tertiary/aromatic N) is 2. The lowest BCUT2D eigenvalue weighted by molar-refractivity contribution is -0.385. The van der Waals surface area contributed by atoms with Gasteiger partial charge in [-0.25, -0.2) is 4.39 Å². The van der Waals surface area contributed by atoms with Crippen molar-refractivity contribution in [2.75, 3.05) is 32.6 Å². The Bertz CT molecular complexity index is 889. The van der Waals surface area contributed by atoms with E-state index in [9.17, 15) is 24.1 Å². The summed E-state index contributed by atoms with van der Waals surface area (Å²) in [6.45, 7) is -0.863. The molecule has 10 heteroatoms. The minimum absolute atomic E-state index is 0.273. The van der Waals surface area contributed by atoms with Crippen LogP contribution >= 0.6 is 0 Å². The number of nitro benzene ring substituents is 1. The van der Waals surface area contributed by atoms with E-state index in [-0.39, 0.29) is 12.3 Å². The molecular formula is C18H18FN3O6. The maximum absolute atomic E-state index is 13.3. The number of amides is 2. The molecule has 0 heterocycles. The van der Waals surface area contributed by atoms with Crippen LogP contribution in [-0.2, 0) is 9.59 Å². The molecule has 0 spiro atoms. The van der Waals surface area contributed by atoms with Crippen molar-refractivity contribution >= 4 is 23.2 Å². The lowest BCUT2D eigenvalue weighted by Gasteiger charge is -2.17.